The molecule has 0 aliphatic carbocycles. The van der Waals surface area contributed by atoms with Crippen molar-refractivity contribution in [3.63, 3.8) is 0 Å². The average molecular weight is 234 g/mol. The molecule has 2 rings (SSSR count). The molecule has 0 saturated carbocycles. The lowest BCUT2D eigenvalue weighted by molar-refractivity contribution is 0.475. The lowest BCUT2D eigenvalue weighted by Gasteiger charge is -2.00. The van der Waals surface area contributed by atoms with E-state index in [2.05, 4.69) is 4.98 Å². The van der Waals surface area contributed by atoms with E-state index in [0.29, 0.717) is 0 Å². The van der Waals surface area contributed by atoms with Crippen molar-refractivity contribution in [2.75, 3.05) is 0 Å². The first kappa shape index (κ1) is 11.1. The molecule has 1 unspecified atom stereocenters. The number of benzene rings is 1. The number of aryl methyl sites for hydroxylation is 1. The first-order valence-corrected chi connectivity index (χ1v) is 5.92. The first-order valence-electron chi connectivity index (χ1n) is 5.10. The van der Waals surface area contributed by atoms with Crippen LogP contribution < -0.4 is 5.73 Å². The molecule has 0 aliphatic heterocycles. The molecule has 16 heavy (non-hydrogen) atoms. The molecule has 1 atom stereocenters. The van der Waals surface area contributed by atoms with E-state index in [1.54, 1.807) is 23.5 Å². The lowest BCUT2D eigenvalue weighted by Crippen LogP contribution is -2.03. The second kappa shape index (κ2) is 4.23. The predicted molar refractivity (Wildman–Crippen MR) is 66.6 cm³/mol. The van der Waals surface area contributed by atoms with Gasteiger partial charge >= 0.3 is 0 Å². The third-order valence-corrected chi connectivity index (χ3v) is 3.77. The van der Waals surface area contributed by atoms with E-state index < -0.39 is 0 Å². The quantitative estimate of drug-likeness (QED) is 0.840. The third kappa shape index (κ3) is 2.08. The van der Waals surface area contributed by atoms with Gasteiger partial charge in [-0.2, -0.15) is 0 Å². The Labute approximate surface area is 98.6 Å². The largest absolute Gasteiger partial charge is 0.508 e. The molecule has 1 aromatic carbocycles. The second-order valence-corrected chi connectivity index (χ2v) is 4.83. The highest BCUT2D eigenvalue weighted by atomic mass is 32.1. The number of phenols is 1. The zero-order valence-corrected chi connectivity index (χ0v) is 10.1. The molecular formula is C12H14N2OS. The van der Waals surface area contributed by atoms with Gasteiger partial charge in [0.15, 0.2) is 0 Å². The molecule has 2 aromatic rings. The number of nitrogens with two attached hydrogens (primary N) is 1. The SMILES string of the molecule is Cc1nc(-c2ccc(O)cc2)sc1C(C)N. The van der Waals surface area contributed by atoms with Crippen LogP contribution in [-0.2, 0) is 0 Å². The maximum absolute atomic E-state index is 9.21. The summed E-state index contributed by atoms with van der Waals surface area (Å²) in [6.07, 6.45) is 0. The molecular weight excluding hydrogens is 220 g/mol. The molecule has 3 nitrogen and oxygen atoms in total. The molecule has 3 N–H and O–H groups in total. The summed E-state index contributed by atoms with van der Waals surface area (Å²) in [4.78, 5) is 5.60. The van der Waals surface area contributed by atoms with Crippen LogP contribution in [0.4, 0.5) is 0 Å². The van der Waals surface area contributed by atoms with Crippen molar-refractivity contribution in [3.05, 3.63) is 34.8 Å². The van der Waals surface area contributed by atoms with Crippen molar-refractivity contribution in [1.82, 2.24) is 4.98 Å². The third-order valence-electron chi connectivity index (χ3n) is 2.36. The molecule has 0 aliphatic rings. The van der Waals surface area contributed by atoms with Crippen LogP contribution in [0.2, 0.25) is 0 Å². The van der Waals surface area contributed by atoms with Gasteiger partial charge in [0.05, 0.1) is 5.69 Å². The minimum Gasteiger partial charge on any atom is -0.508 e. The molecule has 4 heteroatoms. The van der Waals surface area contributed by atoms with E-state index in [0.717, 1.165) is 21.1 Å². The summed E-state index contributed by atoms with van der Waals surface area (Å²) < 4.78 is 0. The molecule has 1 aromatic heterocycles. The molecule has 0 amide bonds. The Bertz CT molecular complexity index is 488. The van der Waals surface area contributed by atoms with Gasteiger partial charge in [0, 0.05) is 16.5 Å². The molecule has 0 fully saturated rings. The van der Waals surface area contributed by atoms with Crippen LogP contribution >= 0.6 is 11.3 Å². The monoisotopic (exact) mass is 234 g/mol. The van der Waals surface area contributed by atoms with Gasteiger partial charge in [-0.1, -0.05) is 0 Å². The molecule has 84 valence electrons. The van der Waals surface area contributed by atoms with Gasteiger partial charge in [-0.25, -0.2) is 4.98 Å². The fourth-order valence-electron chi connectivity index (χ4n) is 1.56. The van der Waals surface area contributed by atoms with Crippen molar-refractivity contribution in [3.8, 4) is 16.3 Å². The fraction of sp³-hybridized carbons (Fsp3) is 0.250. The van der Waals surface area contributed by atoms with Crippen LogP contribution in [0.1, 0.15) is 23.5 Å². The Morgan fingerprint density at radius 1 is 1.31 bits per heavy atom. The van der Waals surface area contributed by atoms with Gasteiger partial charge in [0.2, 0.25) is 0 Å². The van der Waals surface area contributed by atoms with Crippen LogP contribution in [-0.4, -0.2) is 10.1 Å². The summed E-state index contributed by atoms with van der Waals surface area (Å²) in [6.45, 7) is 3.93. The Balaban J connectivity index is 2.41. The van der Waals surface area contributed by atoms with Crippen molar-refractivity contribution >= 4 is 11.3 Å². The van der Waals surface area contributed by atoms with E-state index >= 15 is 0 Å². The first-order chi connectivity index (χ1) is 7.58. The standard InChI is InChI=1S/C12H14N2OS/c1-7(13)11-8(2)14-12(16-11)9-3-5-10(15)6-4-9/h3-7,15H,13H2,1-2H3. The van der Waals surface area contributed by atoms with Gasteiger partial charge < -0.3 is 10.8 Å². The van der Waals surface area contributed by atoms with Crippen LogP contribution in [0, 0.1) is 6.92 Å². The van der Waals surface area contributed by atoms with Crippen molar-refractivity contribution in [2.45, 2.75) is 19.9 Å². The normalized spacial score (nSPS) is 12.7. The van der Waals surface area contributed by atoms with E-state index in [1.165, 1.54) is 0 Å². The number of rotatable bonds is 2. The molecule has 0 spiro atoms. The Morgan fingerprint density at radius 3 is 2.44 bits per heavy atom. The minimum atomic E-state index is 0.0170. The number of nitrogens with zero attached hydrogens (tertiary/aromatic N) is 1. The smallest absolute Gasteiger partial charge is 0.123 e. The van der Waals surface area contributed by atoms with Crippen molar-refractivity contribution in [1.29, 1.82) is 0 Å². The Hall–Kier alpha value is -1.39. The average Bonchev–Trinajstić information content (AvgIpc) is 2.61. The van der Waals surface area contributed by atoms with Crippen molar-refractivity contribution < 1.29 is 5.11 Å². The molecule has 0 radical (unpaired) electrons. The number of aromatic nitrogens is 1. The zero-order chi connectivity index (χ0) is 11.7. The lowest BCUT2D eigenvalue weighted by atomic mass is 10.2. The summed E-state index contributed by atoms with van der Waals surface area (Å²) in [5.74, 6) is 0.268. The van der Waals surface area contributed by atoms with Gasteiger partial charge in [-0.3, -0.25) is 0 Å². The highest BCUT2D eigenvalue weighted by molar-refractivity contribution is 7.15. The van der Waals surface area contributed by atoms with E-state index in [-0.39, 0.29) is 11.8 Å². The Kier molecular flexibility index (Phi) is 2.94. The van der Waals surface area contributed by atoms with E-state index in [1.807, 2.05) is 26.0 Å². The summed E-state index contributed by atoms with van der Waals surface area (Å²) in [5.41, 5.74) is 7.86. The number of hydrogen-bond acceptors (Lipinski definition) is 4. The number of aromatic hydroxyl groups is 1. The summed E-state index contributed by atoms with van der Waals surface area (Å²) >= 11 is 1.61. The van der Waals surface area contributed by atoms with E-state index in [4.69, 9.17) is 5.73 Å². The maximum atomic E-state index is 9.21. The van der Waals surface area contributed by atoms with E-state index in [9.17, 15) is 5.11 Å². The van der Waals surface area contributed by atoms with Gasteiger partial charge in [0.1, 0.15) is 10.8 Å². The zero-order valence-electron chi connectivity index (χ0n) is 9.27. The molecule has 0 bridgehead atoms. The van der Waals surface area contributed by atoms with Crippen LogP contribution in [0.5, 0.6) is 5.75 Å². The highest BCUT2D eigenvalue weighted by Gasteiger charge is 2.12. The summed E-state index contributed by atoms with van der Waals surface area (Å²) in [5, 5.41) is 10.2. The summed E-state index contributed by atoms with van der Waals surface area (Å²) in [7, 11) is 0. The Morgan fingerprint density at radius 2 is 1.94 bits per heavy atom. The topological polar surface area (TPSA) is 59.1 Å². The number of hydrogen-bond donors (Lipinski definition) is 2. The molecule has 0 saturated heterocycles. The highest BCUT2D eigenvalue weighted by Crippen LogP contribution is 2.31. The van der Waals surface area contributed by atoms with Crippen LogP contribution in [0.15, 0.2) is 24.3 Å². The molecule has 1 heterocycles. The summed E-state index contributed by atoms with van der Waals surface area (Å²) in [6, 6.07) is 7.06. The van der Waals surface area contributed by atoms with Gasteiger partial charge in [-0.05, 0) is 38.1 Å². The second-order valence-electron chi connectivity index (χ2n) is 3.80. The predicted octanol–water partition coefficient (Wildman–Crippen LogP) is 2.84. The van der Waals surface area contributed by atoms with Crippen LogP contribution in [0.3, 0.4) is 0 Å². The minimum absolute atomic E-state index is 0.0170. The number of phenolic OH excluding ortho intramolecular Hbond substituents is 1. The maximum Gasteiger partial charge on any atom is 0.123 e. The van der Waals surface area contributed by atoms with Crippen molar-refractivity contribution in [2.24, 2.45) is 5.73 Å². The van der Waals surface area contributed by atoms with Crippen LogP contribution in [0.25, 0.3) is 10.6 Å². The fourth-order valence-corrected chi connectivity index (χ4v) is 2.58. The van der Waals surface area contributed by atoms with Gasteiger partial charge in [0.25, 0.3) is 0 Å². The van der Waals surface area contributed by atoms with Gasteiger partial charge in [-0.15, -0.1) is 11.3 Å². The number of thiazole rings is 1.